The second kappa shape index (κ2) is 6.02. The highest BCUT2D eigenvalue weighted by Gasteiger charge is 2.53. The van der Waals surface area contributed by atoms with Gasteiger partial charge in [-0.1, -0.05) is 29.8 Å². The molecule has 1 aromatic carbocycles. The van der Waals surface area contributed by atoms with E-state index in [0.29, 0.717) is 16.4 Å². The number of halogens is 1. The Morgan fingerprint density at radius 2 is 2.27 bits per heavy atom. The fourth-order valence-electron chi connectivity index (χ4n) is 2.17. The molecule has 3 rings (SSSR count). The average molecular weight is 338 g/mol. The van der Waals surface area contributed by atoms with Gasteiger partial charge in [0.2, 0.25) is 6.04 Å². The first-order chi connectivity index (χ1) is 10.6. The summed E-state index contributed by atoms with van der Waals surface area (Å²) in [5, 5.41) is 13.1. The third-order valence-electron chi connectivity index (χ3n) is 3.51. The van der Waals surface area contributed by atoms with E-state index in [1.165, 1.54) is 11.3 Å². The maximum atomic E-state index is 12.0. The summed E-state index contributed by atoms with van der Waals surface area (Å²) in [5.41, 5.74) is 0.922. The third kappa shape index (κ3) is 3.10. The lowest BCUT2D eigenvalue weighted by molar-refractivity contribution is -0.497. The summed E-state index contributed by atoms with van der Waals surface area (Å²) in [5.74, 6) is -0.997. The van der Waals surface area contributed by atoms with Crippen LogP contribution in [0.4, 0.5) is 0 Å². The fourth-order valence-corrected chi connectivity index (χ4v) is 3.10. The van der Waals surface area contributed by atoms with E-state index in [9.17, 15) is 14.9 Å². The van der Waals surface area contributed by atoms with Gasteiger partial charge in [-0.05, 0) is 11.6 Å². The number of hydrogen-bond donors (Lipinski definition) is 0. The van der Waals surface area contributed by atoms with Crippen molar-refractivity contribution in [2.75, 3.05) is 0 Å². The highest BCUT2D eigenvalue weighted by molar-refractivity contribution is 7.07. The van der Waals surface area contributed by atoms with Crippen LogP contribution in [0.5, 0.6) is 0 Å². The molecule has 0 aliphatic heterocycles. The molecule has 1 fully saturated rings. The molecule has 0 spiro atoms. The van der Waals surface area contributed by atoms with Gasteiger partial charge in [0.05, 0.1) is 6.54 Å². The lowest BCUT2D eigenvalue weighted by atomic mass is 10.2. The van der Waals surface area contributed by atoms with E-state index in [1.54, 1.807) is 6.07 Å². The fraction of sp³-hybridized carbons (Fsp3) is 0.286. The number of nitro groups is 1. The van der Waals surface area contributed by atoms with E-state index >= 15 is 0 Å². The van der Waals surface area contributed by atoms with Crippen molar-refractivity contribution in [3.63, 3.8) is 0 Å². The quantitative estimate of drug-likeness (QED) is 0.634. The maximum Gasteiger partial charge on any atom is 0.258 e. The van der Waals surface area contributed by atoms with Crippen LogP contribution in [0.1, 0.15) is 12.0 Å². The number of carbonyl (C=O) groups excluding carboxylic acids is 1. The molecule has 114 valence electrons. The topological polar surface area (TPSA) is 77.5 Å². The van der Waals surface area contributed by atoms with Gasteiger partial charge >= 0.3 is 0 Å². The Balaban J connectivity index is 1.81. The van der Waals surface area contributed by atoms with E-state index in [4.69, 9.17) is 11.6 Å². The Labute approximate surface area is 134 Å². The van der Waals surface area contributed by atoms with Crippen LogP contribution in [0.2, 0.25) is 5.02 Å². The van der Waals surface area contributed by atoms with Crippen molar-refractivity contribution in [2.24, 2.45) is 10.9 Å². The molecule has 2 aromatic rings. The SMILES string of the molecule is O=C(N=c1sccn1Cc1ccccc1Cl)C1CC1[N+](=O)[O-]. The number of rotatable bonds is 4. The summed E-state index contributed by atoms with van der Waals surface area (Å²) >= 11 is 7.45. The van der Waals surface area contributed by atoms with E-state index in [0.717, 1.165) is 5.56 Å². The van der Waals surface area contributed by atoms with E-state index in [2.05, 4.69) is 4.99 Å². The van der Waals surface area contributed by atoms with E-state index < -0.39 is 22.8 Å². The lowest BCUT2D eigenvalue weighted by Gasteiger charge is -2.05. The van der Waals surface area contributed by atoms with Crippen LogP contribution in [0.25, 0.3) is 0 Å². The normalized spacial score (nSPS) is 20.9. The Morgan fingerprint density at radius 3 is 2.95 bits per heavy atom. The number of benzene rings is 1. The van der Waals surface area contributed by atoms with Gasteiger partial charge in [0.25, 0.3) is 5.91 Å². The van der Waals surface area contributed by atoms with Gasteiger partial charge in [-0.3, -0.25) is 14.9 Å². The predicted octanol–water partition coefficient (Wildman–Crippen LogP) is 2.34. The molecule has 22 heavy (non-hydrogen) atoms. The summed E-state index contributed by atoms with van der Waals surface area (Å²) in [6.07, 6.45) is 2.10. The number of carbonyl (C=O) groups is 1. The molecule has 8 heteroatoms. The maximum absolute atomic E-state index is 12.0. The number of amides is 1. The molecule has 1 saturated carbocycles. The van der Waals surface area contributed by atoms with Gasteiger partial charge in [-0.25, -0.2) is 0 Å². The minimum atomic E-state index is -0.770. The van der Waals surface area contributed by atoms with Crippen molar-refractivity contribution < 1.29 is 9.72 Å². The molecule has 0 radical (unpaired) electrons. The Kier molecular flexibility index (Phi) is 4.08. The Bertz CT molecular complexity index is 798. The highest BCUT2D eigenvalue weighted by Crippen LogP contribution is 2.33. The lowest BCUT2D eigenvalue weighted by Crippen LogP contribution is -2.19. The minimum absolute atomic E-state index is 0.283. The Morgan fingerprint density at radius 1 is 1.50 bits per heavy atom. The van der Waals surface area contributed by atoms with Crippen molar-refractivity contribution in [3.8, 4) is 0 Å². The van der Waals surface area contributed by atoms with Gasteiger partial charge in [0.1, 0.15) is 5.92 Å². The standard InChI is InChI=1S/C14H12ClN3O3S/c15-11-4-2-1-3-9(11)8-17-5-6-22-14(17)16-13(19)10-7-12(10)18(20)21/h1-6,10,12H,7-8H2. The number of aromatic nitrogens is 1. The zero-order valence-corrected chi connectivity index (χ0v) is 13.0. The molecule has 1 amide bonds. The Hall–Kier alpha value is -1.99. The van der Waals surface area contributed by atoms with Crippen LogP contribution >= 0.6 is 22.9 Å². The zero-order valence-electron chi connectivity index (χ0n) is 11.4. The minimum Gasteiger partial charge on any atom is -0.319 e. The molecule has 6 nitrogen and oxygen atoms in total. The molecular formula is C14H12ClN3O3S. The molecule has 1 aromatic heterocycles. The summed E-state index contributed by atoms with van der Waals surface area (Å²) in [4.78, 5) is 26.7. The summed E-state index contributed by atoms with van der Waals surface area (Å²) in [6.45, 7) is 0.499. The smallest absolute Gasteiger partial charge is 0.258 e. The van der Waals surface area contributed by atoms with Gasteiger partial charge in [0, 0.05) is 27.9 Å². The van der Waals surface area contributed by atoms with Crippen LogP contribution in [0.3, 0.4) is 0 Å². The summed E-state index contributed by atoms with van der Waals surface area (Å²) in [6, 6.07) is 6.68. The molecular weight excluding hydrogens is 326 g/mol. The van der Waals surface area contributed by atoms with Crippen molar-refractivity contribution in [3.05, 3.63) is 61.3 Å². The third-order valence-corrected chi connectivity index (χ3v) is 4.67. The molecule has 1 aliphatic rings. The van der Waals surface area contributed by atoms with Crippen molar-refractivity contribution in [1.29, 1.82) is 0 Å². The molecule has 0 bridgehead atoms. The summed E-state index contributed by atoms with van der Waals surface area (Å²) in [7, 11) is 0. The molecule has 1 aliphatic carbocycles. The van der Waals surface area contributed by atoms with Crippen LogP contribution in [0, 0.1) is 16.0 Å². The molecule has 2 atom stereocenters. The predicted molar refractivity (Wildman–Crippen MR) is 82.3 cm³/mol. The second-order valence-corrected chi connectivity index (χ2v) is 6.33. The van der Waals surface area contributed by atoms with Crippen molar-refractivity contribution in [2.45, 2.75) is 19.0 Å². The molecule has 1 heterocycles. The number of thiazole rings is 1. The number of hydrogen-bond acceptors (Lipinski definition) is 4. The molecule has 0 N–H and O–H groups in total. The largest absolute Gasteiger partial charge is 0.319 e. The van der Waals surface area contributed by atoms with Crippen LogP contribution < -0.4 is 4.80 Å². The van der Waals surface area contributed by atoms with E-state index in [-0.39, 0.29) is 6.42 Å². The van der Waals surface area contributed by atoms with Crippen molar-refractivity contribution in [1.82, 2.24) is 4.57 Å². The van der Waals surface area contributed by atoms with Gasteiger partial charge in [-0.15, -0.1) is 11.3 Å². The van der Waals surface area contributed by atoms with Crippen LogP contribution in [-0.2, 0) is 11.3 Å². The van der Waals surface area contributed by atoms with Crippen LogP contribution in [0.15, 0.2) is 40.8 Å². The monoisotopic (exact) mass is 337 g/mol. The van der Waals surface area contributed by atoms with Gasteiger partial charge in [0.15, 0.2) is 4.80 Å². The van der Waals surface area contributed by atoms with Crippen LogP contribution in [-0.4, -0.2) is 21.4 Å². The average Bonchev–Trinajstić information content (AvgIpc) is 3.19. The van der Waals surface area contributed by atoms with Gasteiger partial charge in [-0.2, -0.15) is 4.99 Å². The first kappa shape index (κ1) is 14.9. The first-order valence-corrected chi connectivity index (χ1v) is 7.91. The van der Waals surface area contributed by atoms with E-state index in [1.807, 2.05) is 34.3 Å². The first-order valence-electron chi connectivity index (χ1n) is 6.65. The second-order valence-electron chi connectivity index (χ2n) is 5.05. The molecule has 0 saturated heterocycles. The van der Waals surface area contributed by atoms with Gasteiger partial charge < -0.3 is 4.57 Å². The number of nitrogens with zero attached hydrogens (tertiary/aromatic N) is 3. The zero-order chi connectivity index (χ0) is 15.7. The van der Waals surface area contributed by atoms with Crippen molar-refractivity contribution >= 4 is 28.8 Å². The molecule has 2 unspecified atom stereocenters. The summed E-state index contributed by atoms with van der Waals surface area (Å²) < 4.78 is 1.81. The highest BCUT2D eigenvalue weighted by atomic mass is 35.5.